The van der Waals surface area contributed by atoms with E-state index in [2.05, 4.69) is 4.98 Å². The molecule has 3 heteroatoms. The Morgan fingerprint density at radius 1 is 1.47 bits per heavy atom. The lowest BCUT2D eigenvalue weighted by molar-refractivity contribution is -0.138. The first-order chi connectivity index (χ1) is 7.31. The molecule has 0 fully saturated rings. The Labute approximate surface area is 88.1 Å². The predicted molar refractivity (Wildman–Crippen MR) is 58.3 cm³/mol. The minimum absolute atomic E-state index is 0.303. The largest absolute Gasteiger partial charge is 0.465 e. The number of benzene rings is 1. The second-order valence-electron chi connectivity index (χ2n) is 3.19. The summed E-state index contributed by atoms with van der Waals surface area (Å²) in [6, 6.07) is 7.83. The summed E-state index contributed by atoms with van der Waals surface area (Å²) >= 11 is 0. The molecule has 0 saturated carbocycles. The lowest BCUT2D eigenvalue weighted by Crippen LogP contribution is -2.04. The van der Waals surface area contributed by atoms with E-state index in [1.165, 1.54) is 6.42 Å². The fraction of sp³-hybridized carbons (Fsp3) is 0.167. The summed E-state index contributed by atoms with van der Waals surface area (Å²) in [5, 5.41) is 1.03. The maximum Gasteiger partial charge on any atom is 0.314 e. The van der Waals surface area contributed by atoms with Crippen molar-refractivity contribution >= 4 is 16.9 Å². The zero-order chi connectivity index (χ0) is 10.7. The zero-order valence-electron chi connectivity index (χ0n) is 8.49. The van der Waals surface area contributed by atoms with Crippen LogP contribution in [0.15, 0.2) is 30.5 Å². The number of esters is 1. The molecule has 77 valence electrons. The first kappa shape index (κ1) is 9.77. The van der Waals surface area contributed by atoms with Crippen molar-refractivity contribution in [3.63, 3.8) is 0 Å². The third-order valence-electron chi connectivity index (χ3n) is 2.18. The molecule has 1 heterocycles. The Bertz CT molecular complexity index is 473. The number of ether oxygens (including phenoxy) is 1. The Morgan fingerprint density at radius 3 is 3.07 bits per heavy atom. The highest BCUT2D eigenvalue weighted by molar-refractivity contribution is 5.92. The van der Waals surface area contributed by atoms with Gasteiger partial charge in [0.2, 0.25) is 0 Å². The van der Waals surface area contributed by atoms with Crippen LogP contribution in [0.5, 0.6) is 0 Å². The summed E-state index contributed by atoms with van der Waals surface area (Å²) in [6.07, 6.45) is 3.31. The number of para-hydroxylation sites is 1. The van der Waals surface area contributed by atoms with Crippen molar-refractivity contribution in [1.29, 1.82) is 0 Å². The average Bonchev–Trinajstić information content (AvgIpc) is 2.62. The molecule has 0 aliphatic rings. The van der Waals surface area contributed by atoms with E-state index in [1.54, 1.807) is 6.92 Å². The van der Waals surface area contributed by atoms with Crippen LogP contribution in [0.4, 0.5) is 0 Å². The molecular weight excluding hydrogens is 190 g/mol. The van der Waals surface area contributed by atoms with Gasteiger partial charge in [0, 0.05) is 17.1 Å². The Morgan fingerprint density at radius 2 is 2.27 bits per heavy atom. The van der Waals surface area contributed by atoms with Gasteiger partial charge in [0.15, 0.2) is 0 Å². The molecule has 1 aromatic heterocycles. The van der Waals surface area contributed by atoms with E-state index in [1.807, 2.05) is 30.5 Å². The number of carbonyl (C=O) groups excluding carboxylic acids is 1. The molecule has 0 bridgehead atoms. The molecule has 0 unspecified atom stereocenters. The molecule has 3 nitrogen and oxygen atoms in total. The molecule has 0 aliphatic carbocycles. The molecule has 2 aromatic rings. The molecule has 0 aliphatic heterocycles. The van der Waals surface area contributed by atoms with Crippen LogP contribution in [0.3, 0.4) is 0 Å². The molecular formula is C12H12NO2. The standard InChI is InChI=1S/C12H12NO2/c1-2-15-12(14)7-9-8-13-11-6-4-3-5-10(9)11/h3-8,13H,2H2,1H3. The van der Waals surface area contributed by atoms with Gasteiger partial charge in [0.05, 0.1) is 6.61 Å². The fourth-order valence-electron chi connectivity index (χ4n) is 1.52. The van der Waals surface area contributed by atoms with Gasteiger partial charge in [-0.15, -0.1) is 0 Å². The van der Waals surface area contributed by atoms with Crippen LogP contribution in [-0.2, 0) is 9.53 Å². The van der Waals surface area contributed by atoms with Gasteiger partial charge in [-0.3, -0.25) is 4.79 Å². The number of carbonyl (C=O) groups is 1. The normalized spacial score (nSPS) is 10.5. The van der Waals surface area contributed by atoms with Gasteiger partial charge >= 0.3 is 5.97 Å². The molecule has 1 aromatic carbocycles. The SMILES string of the molecule is CCOC(=O)[CH]c1c[nH]c2ccccc12. The van der Waals surface area contributed by atoms with Gasteiger partial charge in [0.1, 0.15) is 6.42 Å². The maximum atomic E-state index is 11.3. The van der Waals surface area contributed by atoms with Crippen molar-refractivity contribution in [2.45, 2.75) is 6.92 Å². The van der Waals surface area contributed by atoms with E-state index < -0.39 is 0 Å². The van der Waals surface area contributed by atoms with Crippen molar-refractivity contribution in [2.75, 3.05) is 6.61 Å². The molecule has 0 atom stereocenters. The van der Waals surface area contributed by atoms with Crippen LogP contribution in [0, 0.1) is 6.42 Å². The quantitative estimate of drug-likeness (QED) is 0.776. The number of nitrogens with one attached hydrogen (secondary N) is 1. The molecule has 15 heavy (non-hydrogen) atoms. The smallest absolute Gasteiger partial charge is 0.314 e. The number of aromatic amines is 1. The van der Waals surface area contributed by atoms with Crippen molar-refractivity contribution < 1.29 is 9.53 Å². The van der Waals surface area contributed by atoms with Crippen LogP contribution in [0.25, 0.3) is 10.9 Å². The lowest BCUT2D eigenvalue weighted by atomic mass is 10.1. The number of aromatic nitrogens is 1. The number of hydrogen-bond acceptors (Lipinski definition) is 2. The highest BCUT2D eigenvalue weighted by Crippen LogP contribution is 2.19. The van der Waals surface area contributed by atoms with Gasteiger partial charge in [-0.2, -0.15) is 0 Å². The van der Waals surface area contributed by atoms with Crippen LogP contribution >= 0.6 is 0 Å². The minimum Gasteiger partial charge on any atom is -0.465 e. The maximum absolute atomic E-state index is 11.3. The molecule has 1 radical (unpaired) electrons. The lowest BCUT2D eigenvalue weighted by Gasteiger charge is -1.99. The van der Waals surface area contributed by atoms with E-state index in [9.17, 15) is 4.79 Å². The second-order valence-corrected chi connectivity index (χ2v) is 3.19. The first-order valence-electron chi connectivity index (χ1n) is 4.89. The van der Waals surface area contributed by atoms with Crippen LogP contribution in [-0.4, -0.2) is 17.6 Å². The number of hydrogen-bond donors (Lipinski definition) is 1. The Kier molecular flexibility index (Phi) is 2.72. The van der Waals surface area contributed by atoms with Crippen molar-refractivity contribution in [1.82, 2.24) is 4.98 Å². The summed E-state index contributed by atoms with van der Waals surface area (Å²) in [6.45, 7) is 2.19. The Balaban J connectivity index is 2.25. The average molecular weight is 202 g/mol. The summed E-state index contributed by atoms with van der Waals surface area (Å²) < 4.78 is 4.86. The van der Waals surface area contributed by atoms with Crippen LogP contribution < -0.4 is 0 Å². The highest BCUT2D eigenvalue weighted by Gasteiger charge is 2.09. The molecule has 0 saturated heterocycles. The summed E-state index contributed by atoms with van der Waals surface area (Å²) in [5.41, 5.74) is 1.89. The van der Waals surface area contributed by atoms with Gasteiger partial charge in [-0.25, -0.2) is 0 Å². The van der Waals surface area contributed by atoms with Gasteiger partial charge in [-0.1, -0.05) is 18.2 Å². The number of fused-ring (bicyclic) bond motifs is 1. The van der Waals surface area contributed by atoms with Crippen molar-refractivity contribution in [3.05, 3.63) is 42.4 Å². The highest BCUT2D eigenvalue weighted by atomic mass is 16.5. The third kappa shape index (κ3) is 2.01. The molecule has 0 amide bonds. The van der Waals surface area contributed by atoms with E-state index in [4.69, 9.17) is 4.74 Å². The summed E-state index contributed by atoms with van der Waals surface area (Å²) in [4.78, 5) is 14.4. The molecule has 2 rings (SSSR count). The van der Waals surface area contributed by atoms with Gasteiger partial charge in [-0.05, 0) is 18.6 Å². The van der Waals surface area contributed by atoms with E-state index in [0.29, 0.717) is 6.61 Å². The van der Waals surface area contributed by atoms with Crippen LogP contribution in [0.2, 0.25) is 0 Å². The number of rotatable bonds is 3. The third-order valence-corrected chi connectivity index (χ3v) is 2.18. The second kappa shape index (κ2) is 4.17. The molecule has 1 N–H and O–H groups in total. The Hall–Kier alpha value is -1.77. The van der Waals surface area contributed by atoms with Gasteiger partial charge < -0.3 is 9.72 Å². The van der Waals surface area contributed by atoms with Crippen molar-refractivity contribution in [3.8, 4) is 0 Å². The topological polar surface area (TPSA) is 42.1 Å². The fourth-order valence-corrected chi connectivity index (χ4v) is 1.52. The summed E-state index contributed by atoms with van der Waals surface area (Å²) in [5.74, 6) is -0.303. The predicted octanol–water partition coefficient (Wildman–Crippen LogP) is 2.28. The summed E-state index contributed by atoms with van der Waals surface area (Å²) in [7, 11) is 0. The van der Waals surface area contributed by atoms with E-state index in [-0.39, 0.29) is 5.97 Å². The van der Waals surface area contributed by atoms with Crippen molar-refractivity contribution in [2.24, 2.45) is 0 Å². The van der Waals surface area contributed by atoms with E-state index >= 15 is 0 Å². The van der Waals surface area contributed by atoms with E-state index in [0.717, 1.165) is 16.5 Å². The molecule has 0 spiro atoms. The monoisotopic (exact) mass is 202 g/mol. The zero-order valence-corrected chi connectivity index (χ0v) is 8.49. The minimum atomic E-state index is -0.303. The number of H-pyrrole nitrogens is 1. The first-order valence-corrected chi connectivity index (χ1v) is 4.89. The van der Waals surface area contributed by atoms with Crippen LogP contribution in [0.1, 0.15) is 12.5 Å². The van der Waals surface area contributed by atoms with Gasteiger partial charge in [0.25, 0.3) is 0 Å².